The highest BCUT2D eigenvalue weighted by Gasteiger charge is 2.16. The van der Waals surface area contributed by atoms with Gasteiger partial charge in [-0.15, -0.1) is 0 Å². The molecular formula is C20H15BrFN3. The number of nitrogens with zero attached hydrogens (tertiary/aromatic N) is 2. The number of aryl methyl sites for hydroxylation is 2. The Labute approximate surface area is 154 Å². The third-order valence-electron chi connectivity index (χ3n) is 4.18. The molecule has 0 unspecified atom stereocenters. The molecule has 1 aromatic heterocycles. The predicted octanol–water partition coefficient (Wildman–Crippen LogP) is 5.39. The van der Waals surface area contributed by atoms with Gasteiger partial charge in [0.2, 0.25) is 0 Å². The number of anilines is 1. The van der Waals surface area contributed by atoms with Gasteiger partial charge in [-0.25, -0.2) is 9.37 Å². The quantitative estimate of drug-likeness (QED) is 0.632. The summed E-state index contributed by atoms with van der Waals surface area (Å²) in [5.74, 6) is -0.335. The Kier molecular flexibility index (Phi) is 4.56. The van der Waals surface area contributed by atoms with Gasteiger partial charge in [0.15, 0.2) is 0 Å². The summed E-state index contributed by atoms with van der Waals surface area (Å²) in [6.45, 7) is 4.05. The van der Waals surface area contributed by atoms with Gasteiger partial charge in [-0.2, -0.15) is 5.26 Å². The molecule has 0 saturated carbocycles. The molecule has 0 bridgehead atoms. The first kappa shape index (κ1) is 17.1. The molecule has 3 nitrogen and oxygen atoms in total. The first-order chi connectivity index (χ1) is 11.9. The lowest BCUT2D eigenvalue weighted by molar-refractivity contribution is 0.630. The maximum absolute atomic E-state index is 14.4. The summed E-state index contributed by atoms with van der Waals surface area (Å²) in [4.78, 5) is 4.34. The minimum absolute atomic E-state index is 0.0931. The fraction of sp³-hybridized carbons (Fsp3) is 0.100. The molecule has 0 radical (unpaired) electrons. The summed E-state index contributed by atoms with van der Waals surface area (Å²) >= 11 is 3.24. The standard InChI is InChI=1S/C20H15BrFN3/c1-11-3-4-13(7-12(11)2)19-9-16(17(10-23)20(24)25-19)15-6-5-14(21)8-18(15)22/h3-9H,1-2H3,(H2,24,25). The minimum Gasteiger partial charge on any atom is -0.383 e. The summed E-state index contributed by atoms with van der Waals surface area (Å²) in [5, 5.41) is 9.45. The molecule has 0 aliphatic heterocycles. The summed E-state index contributed by atoms with van der Waals surface area (Å²) in [6, 6.07) is 14.4. The van der Waals surface area contributed by atoms with Gasteiger partial charge in [-0.1, -0.05) is 34.1 Å². The lowest BCUT2D eigenvalue weighted by atomic mass is 9.97. The maximum atomic E-state index is 14.4. The Morgan fingerprint density at radius 3 is 2.44 bits per heavy atom. The first-order valence-corrected chi connectivity index (χ1v) is 8.43. The van der Waals surface area contributed by atoms with Crippen LogP contribution in [0.3, 0.4) is 0 Å². The molecule has 0 aliphatic carbocycles. The largest absolute Gasteiger partial charge is 0.383 e. The molecule has 5 heteroatoms. The van der Waals surface area contributed by atoms with Crippen molar-refractivity contribution in [1.82, 2.24) is 4.98 Å². The second-order valence-electron chi connectivity index (χ2n) is 5.85. The van der Waals surface area contributed by atoms with Gasteiger partial charge in [-0.3, -0.25) is 0 Å². The SMILES string of the molecule is Cc1ccc(-c2cc(-c3ccc(Br)cc3F)c(C#N)c(N)n2)cc1C. The molecule has 3 rings (SSSR count). The van der Waals surface area contributed by atoms with Gasteiger partial charge in [0.05, 0.1) is 5.69 Å². The molecule has 2 N–H and O–H groups in total. The average Bonchev–Trinajstić information content (AvgIpc) is 2.56. The van der Waals surface area contributed by atoms with Crippen molar-refractivity contribution < 1.29 is 4.39 Å². The zero-order valence-electron chi connectivity index (χ0n) is 13.8. The molecular weight excluding hydrogens is 381 g/mol. The molecule has 0 spiro atoms. The van der Waals surface area contributed by atoms with E-state index in [1.54, 1.807) is 18.2 Å². The van der Waals surface area contributed by atoms with Crippen molar-refractivity contribution in [3.8, 4) is 28.5 Å². The Morgan fingerprint density at radius 2 is 1.80 bits per heavy atom. The van der Waals surface area contributed by atoms with E-state index in [4.69, 9.17) is 5.73 Å². The third kappa shape index (κ3) is 3.26. The van der Waals surface area contributed by atoms with E-state index in [0.717, 1.165) is 11.1 Å². The van der Waals surface area contributed by atoms with Crippen LogP contribution in [0, 0.1) is 31.0 Å². The van der Waals surface area contributed by atoms with Crippen molar-refractivity contribution in [2.75, 3.05) is 5.73 Å². The normalized spacial score (nSPS) is 10.5. The number of pyridine rings is 1. The minimum atomic E-state index is -0.428. The highest BCUT2D eigenvalue weighted by Crippen LogP contribution is 2.34. The number of rotatable bonds is 2. The van der Waals surface area contributed by atoms with Crippen LogP contribution < -0.4 is 5.73 Å². The van der Waals surface area contributed by atoms with E-state index >= 15 is 0 Å². The monoisotopic (exact) mass is 395 g/mol. The van der Waals surface area contributed by atoms with Crippen LogP contribution in [0.1, 0.15) is 16.7 Å². The number of hydrogen-bond donors (Lipinski definition) is 1. The van der Waals surface area contributed by atoms with E-state index in [1.807, 2.05) is 38.1 Å². The Hall–Kier alpha value is -2.71. The zero-order valence-corrected chi connectivity index (χ0v) is 15.4. The van der Waals surface area contributed by atoms with Crippen molar-refractivity contribution in [2.24, 2.45) is 0 Å². The fourth-order valence-electron chi connectivity index (χ4n) is 2.65. The van der Waals surface area contributed by atoms with E-state index < -0.39 is 5.82 Å². The van der Waals surface area contributed by atoms with Gasteiger partial charge in [0.25, 0.3) is 0 Å². The number of nitrogens with two attached hydrogens (primary N) is 1. The number of hydrogen-bond acceptors (Lipinski definition) is 3. The van der Waals surface area contributed by atoms with Crippen LogP contribution in [0.4, 0.5) is 10.2 Å². The smallest absolute Gasteiger partial charge is 0.142 e. The molecule has 124 valence electrons. The average molecular weight is 396 g/mol. The number of nitrogen functional groups attached to an aromatic ring is 1. The van der Waals surface area contributed by atoms with Gasteiger partial charge < -0.3 is 5.73 Å². The molecule has 2 aromatic carbocycles. The fourth-order valence-corrected chi connectivity index (χ4v) is 2.98. The van der Waals surface area contributed by atoms with Gasteiger partial charge in [-0.05, 0) is 49.2 Å². The van der Waals surface area contributed by atoms with Crippen molar-refractivity contribution in [3.05, 3.63) is 69.4 Å². The Balaban J connectivity index is 2.26. The van der Waals surface area contributed by atoms with Crippen LogP contribution in [-0.2, 0) is 0 Å². The van der Waals surface area contributed by atoms with E-state index in [9.17, 15) is 9.65 Å². The molecule has 1 heterocycles. The van der Waals surface area contributed by atoms with E-state index in [1.165, 1.54) is 11.6 Å². The maximum Gasteiger partial charge on any atom is 0.142 e. The highest BCUT2D eigenvalue weighted by atomic mass is 79.9. The molecule has 0 saturated heterocycles. The number of aromatic nitrogens is 1. The van der Waals surface area contributed by atoms with Gasteiger partial charge in [0.1, 0.15) is 23.3 Å². The molecule has 0 aliphatic rings. The topological polar surface area (TPSA) is 62.7 Å². The van der Waals surface area contributed by atoms with Crippen LogP contribution in [-0.4, -0.2) is 4.98 Å². The summed E-state index contributed by atoms with van der Waals surface area (Å²) in [7, 11) is 0. The highest BCUT2D eigenvalue weighted by molar-refractivity contribution is 9.10. The molecule has 3 aromatic rings. The van der Waals surface area contributed by atoms with Gasteiger partial charge >= 0.3 is 0 Å². The predicted molar refractivity (Wildman–Crippen MR) is 101 cm³/mol. The summed E-state index contributed by atoms with van der Waals surface area (Å²) in [5.41, 5.74) is 10.7. The van der Waals surface area contributed by atoms with Crippen molar-refractivity contribution >= 4 is 21.7 Å². The number of benzene rings is 2. The van der Waals surface area contributed by atoms with Crippen LogP contribution in [0.15, 0.2) is 46.9 Å². The Bertz CT molecular complexity index is 1020. The van der Waals surface area contributed by atoms with E-state index in [-0.39, 0.29) is 11.4 Å². The number of nitriles is 1. The van der Waals surface area contributed by atoms with Crippen LogP contribution in [0.2, 0.25) is 0 Å². The third-order valence-corrected chi connectivity index (χ3v) is 4.68. The van der Waals surface area contributed by atoms with Gasteiger partial charge in [0, 0.05) is 21.2 Å². The first-order valence-electron chi connectivity index (χ1n) is 7.64. The second kappa shape index (κ2) is 6.66. The van der Waals surface area contributed by atoms with E-state index in [0.29, 0.717) is 21.3 Å². The summed E-state index contributed by atoms with van der Waals surface area (Å²) < 4.78 is 15.1. The lowest BCUT2D eigenvalue weighted by Gasteiger charge is -2.12. The number of halogens is 2. The molecule has 25 heavy (non-hydrogen) atoms. The van der Waals surface area contributed by atoms with Crippen molar-refractivity contribution in [1.29, 1.82) is 5.26 Å². The molecule has 0 fully saturated rings. The molecule has 0 amide bonds. The lowest BCUT2D eigenvalue weighted by Crippen LogP contribution is -2.01. The van der Waals surface area contributed by atoms with Crippen LogP contribution in [0.25, 0.3) is 22.4 Å². The Morgan fingerprint density at radius 1 is 1.04 bits per heavy atom. The second-order valence-corrected chi connectivity index (χ2v) is 6.77. The van der Waals surface area contributed by atoms with Crippen molar-refractivity contribution in [3.63, 3.8) is 0 Å². The van der Waals surface area contributed by atoms with Crippen molar-refractivity contribution in [2.45, 2.75) is 13.8 Å². The summed E-state index contributed by atoms with van der Waals surface area (Å²) in [6.07, 6.45) is 0. The molecule has 0 atom stereocenters. The van der Waals surface area contributed by atoms with Crippen LogP contribution >= 0.6 is 15.9 Å². The zero-order chi connectivity index (χ0) is 18.1. The van der Waals surface area contributed by atoms with Crippen LogP contribution in [0.5, 0.6) is 0 Å². The van der Waals surface area contributed by atoms with E-state index in [2.05, 4.69) is 20.9 Å².